The summed E-state index contributed by atoms with van der Waals surface area (Å²) < 4.78 is 0. The minimum Gasteiger partial charge on any atom is -0.480 e. The lowest BCUT2D eigenvalue weighted by atomic mass is 10.2. The average molecular weight is 308 g/mol. The molecule has 1 aromatic rings. The van der Waals surface area contributed by atoms with Crippen molar-refractivity contribution in [3.8, 4) is 0 Å². The minimum atomic E-state index is -0.977. The van der Waals surface area contributed by atoms with Crippen LogP contribution in [0.2, 0.25) is 5.02 Å². The largest absolute Gasteiger partial charge is 0.480 e. The minimum absolute atomic E-state index is 0.0449. The van der Waals surface area contributed by atoms with Gasteiger partial charge in [0.2, 0.25) is 5.91 Å². The summed E-state index contributed by atoms with van der Waals surface area (Å²) in [6, 6.07) is 7.16. The number of carboxylic acids is 1. The number of carbonyl (C=O) groups excluding carboxylic acids is 1. The van der Waals surface area contributed by atoms with Crippen molar-refractivity contribution in [2.45, 2.75) is 31.7 Å². The molecule has 4 nitrogen and oxygen atoms in total. The van der Waals surface area contributed by atoms with Gasteiger partial charge >= 0.3 is 5.97 Å². The maximum absolute atomic E-state index is 12.3. The van der Waals surface area contributed by atoms with E-state index in [4.69, 9.17) is 16.7 Å². The van der Waals surface area contributed by atoms with Crippen LogP contribution >= 0.6 is 11.6 Å². The number of nitrogens with zero attached hydrogens (tertiary/aromatic N) is 1. The van der Waals surface area contributed by atoms with Gasteiger partial charge in [0, 0.05) is 17.1 Å². The van der Waals surface area contributed by atoms with Gasteiger partial charge in [0.1, 0.15) is 6.54 Å². The van der Waals surface area contributed by atoms with Crippen molar-refractivity contribution >= 4 is 29.6 Å². The maximum atomic E-state index is 12.3. The Morgan fingerprint density at radius 1 is 1.24 bits per heavy atom. The molecule has 1 fully saturated rings. The predicted molar refractivity (Wildman–Crippen MR) is 82.1 cm³/mol. The number of carbonyl (C=O) groups is 2. The summed E-state index contributed by atoms with van der Waals surface area (Å²) in [6.45, 7) is -0.242. The molecular formula is C16H18ClNO3. The first-order valence-electron chi connectivity index (χ1n) is 7.02. The van der Waals surface area contributed by atoms with Crippen molar-refractivity contribution in [3.05, 3.63) is 40.9 Å². The molecule has 5 heteroatoms. The van der Waals surface area contributed by atoms with Crippen LogP contribution in [0.1, 0.15) is 31.2 Å². The number of hydrogen-bond acceptors (Lipinski definition) is 2. The van der Waals surface area contributed by atoms with Crippen LogP contribution in [0.25, 0.3) is 6.08 Å². The van der Waals surface area contributed by atoms with Gasteiger partial charge in [-0.25, -0.2) is 0 Å². The van der Waals surface area contributed by atoms with Crippen LogP contribution in [0, 0.1) is 0 Å². The third kappa shape index (κ3) is 4.60. The van der Waals surface area contributed by atoms with Gasteiger partial charge in [-0.3, -0.25) is 9.59 Å². The molecule has 0 saturated heterocycles. The molecule has 1 N–H and O–H groups in total. The highest BCUT2D eigenvalue weighted by Crippen LogP contribution is 2.23. The second-order valence-electron chi connectivity index (χ2n) is 5.18. The fourth-order valence-electron chi connectivity index (χ4n) is 2.59. The van der Waals surface area contributed by atoms with Gasteiger partial charge < -0.3 is 10.0 Å². The average Bonchev–Trinajstić information content (AvgIpc) is 2.97. The van der Waals surface area contributed by atoms with Crippen LogP contribution < -0.4 is 0 Å². The summed E-state index contributed by atoms with van der Waals surface area (Å²) in [4.78, 5) is 24.7. The molecule has 0 heterocycles. The second kappa shape index (κ2) is 7.27. The van der Waals surface area contributed by atoms with Crippen molar-refractivity contribution in [1.82, 2.24) is 4.90 Å². The Labute approximate surface area is 129 Å². The summed E-state index contributed by atoms with van der Waals surface area (Å²) in [5.41, 5.74) is 0.856. The third-order valence-electron chi connectivity index (χ3n) is 3.64. The van der Waals surface area contributed by atoms with E-state index >= 15 is 0 Å². The van der Waals surface area contributed by atoms with E-state index in [1.807, 2.05) is 12.1 Å². The highest BCUT2D eigenvalue weighted by atomic mass is 35.5. The van der Waals surface area contributed by atoms with Gasteiger partial charge in [0.25, 0.3) is 0 Å². The maximum Gasteiger partial charge on any atom is 0.323 e. The number of hydrogen-bond donors (Lipinski definition) is 1. The van der Waals surface area contributed by atoms with E-state index in [2.05, 4.69) is 0 Å². The van der Waals surface area contributed by atoms with Gasteiger partial charge in [-0.05, 0) is 36.6 Å². The van der Waals surface area contributed by atoms with E-state index in [9.17, 15) is 9.59 Å². The smallest absolute Gasteiger partial charge is 0.323 e. The molecule has 2 rings (SSSR count). The predicted octanol–water partition coefficient (Wildman–Crippen LogP) is 3.21. The summed E-state index contributed by atoms with van der Waals surface area (Å²) in [5.74, 6) is -1.23. The molecule has 1 aliphatic rings. The Morgan fingerprint density at radius 3 is 2.43 bits per heavy atom. The molecule has 0 spiro atoms. The molecule has 1 aliphatic carbocycles. The van der Waals surface area contributed by atoms with Crippen molar-refractivity contribution < 1.29 is 14.7 Å². The highest BCUT2D eigenvalue weighted by molar-refractivity contribution is 6.30. The van der Waals surface area contributed by atoms with E-state index in [0.29, 0.717) is 5.02 Å². The van der Waals surface area contributed by atoms with Crippen LogP contribution in [0.3, 0.4) is 0 Å². The van der Waals surface area contributed by atoms with Crippen LogP contribution in [-0.4, -0.2) is 34.5 Å². The SMILES string of the molecule is O=C(O)CN(C(=O)/C=C/c1ccc(Cl)cc1)C1CCCC1. The molecule has 112 valence electrons. The van der Waals surface area contributed by atoms with Crippen LogP contribution in [0.4, 0.5) is 0 Å². The van der Waals surface area contributed by atoms with Gasteiger partial charge in [0.05, 0.1) is 0 Å². The molecular weight excluding hydrogens is 290 g/mol. The lowest BCUT2D eigenvalue weighted by Crippen LogP contribution is -2.41. The topological polar surface area (TPSA) is 57.6 Å². The summed E-state index contributed by atoms with van der Waals surface area (Å²) in [5, 5.41) is 9.61. The van der Waals surface area contributed by atoms with Crippen LogP contribution in [0.15, 0.2) is 30.3 Å². The first-order chi connectivity index (χ1) is 10.1. The summed E-state index contributed by atoms with van der Waals surface area (Å²) in [6.07, 6.45) is 6.98. The molecule has 0 bridgehead atoms. The van der Waals surface area contributed by atoms with Gasteiger partial charge in [-0.15, -0.1) is 0 Å². The third-order valence-corrected chi connectivity index (χ3v) is 3.89. The monoisotopic (exact) mass is 307 g/mol. The number of amides is 1. The fraction of sp³-hybridized carbons (Fsp3) is 0.375. The first kappa shape index (κ1) is 15.6. The van der Waals surface area contributed by atoms with E-state index in [1.165, 1.54) is 11.0 Å². The zero-order valence-corrected chi connectivity index (χ0v) is 12.4. The number of halogens is 1. The lowest BCUT2D eigenvalue weighted by Gasteiger charge is -2.26. The van der Waals surface area contributed by atoms with E-state index in [-0.39, 0.29) is 18.5 Å². The van der Waals surface area contributed by atoms with Gasteiger partial charge in [0.15, 0.2) is 0 Å². The molecule has 0 aromatic heterocycles. The Hall–Kier alpha value is -1.81. The highest BCUT2D eigenvalue weighted by Gasteiger charge is 2.26. The Morgan fingerprint density at radius 2 is 1.86 bits per heavy atom. The normalized spacial score (nSPS) is 15.5. The van der Waals surface area contributed by atoms with Crippen LogP contribution in [0.5, 0.6) is 0 Å². The summed E-state index contributed by atoms with van der Waals surface area (Å²) >= 11 is 5.80. The molecule has 0 atom stereocenters. The van der Waals surface area contributed by atoms with Crippen molar-refractivity contribution in [2.24, 2.45) is 0 Å². The zero-order valence-electron chi connectivity index (χ0n) is 11.7. The molecule has 0 unspecified atom stereocenters. The Bertz CT molecular complexity index is 533. The number of carboxylic acid groups (broad SMARTS) is 1. The van der Waals surface area contributed by atoms with Gasteiger partial charge in [-0.1, -0.05) is 36.6 Å². The van der Waals surface area contributed by atoms with E-state index < -0.39 is 5.97 Å². The van der Waals surface area contributed by atoms with E-state index in [0.717, 1.165) is 31.2 Å². The quantitative estimate of drug-likeness (QED) is 0.850. The molecule has 1 amide bonds. The Kier molecular flexibility index (Phi) is 5.39. The van der Waals surface area contributed by atoms with Crippen molar-refractivity contribution in [2.75, 3.05) is 6.54 Å². The summed E-state index contributed by atoms with van der Waals surface area (Å²) in [7, 11) is 0. The molecule has 1 aromatic carbocycles. The van der Waals surface area contributed by atoms with Crippen molar-refractivity contribution in [1.29, 1.82) is 0 Å². The zero-order chi connectivity index (χ0) is 15.2. The Balaban J connectivity index is 2.06. The number of rotatable bonds is 5. The second-order valence-corrected chi connectivity index (χ2v) is 5.62. The molecule has 21 heavy (non-hydrogen) atoms. The molecule has 0 aliphatic heterocycles. The van der Waals surface area contributed by atoms with Crippen LogP contribution in [-0.2, 0) is 9.59 Å². The van der Waals surface area contributed by atoms with Crippen molar-refractivity contribution in [3.63, 3.8) is 0 Å². The number of aliphatic carboxylic acids is 1. The lowest BCUT2D eigenvalue weighted by molar-refractivity contribution is -0.144. The molecule has 1 saturated carbocycles. The van der Waals surface area contributed by atoms with E-state index in [1.54, 1.807) is 18.2 Å². The fourth-order valence-corrected chi connectivity index (χ4v) is 2.71. The number of benzene rings is 1. The molecule has 0 radical (unpaired) electrons. The standard InChI is InChI=1S/C16H18ClNO3/c17-13-8-5-12(6-9-13)7-10-15(19)18(11-16(20)21)14-3-1-2-4-14/h5-10,14H,1-4,11H2,(H,20,21)/b10-7+. The van der Waals surface area contributed by atoms with Gasteiger partial charge in [-0.2, -0.15) is 0 Å². The first-order valence-corrected chi connectivity index (χ1v) is 7.40.